The fraction of sp³-hybridized carbons (Fsp3) is 0.667. The maximum atomic E-state index is 9.58. The van der Waals surface area contributed by atoms with Gasteiger partial charge in [-0.25, -0.2) is 0 Å². The first-order chi connectivity index (χ1) is 7.27. The van der Waals surface area contributed by atoms with Crippen molar-refractivity contribution in [3.05, 3.63) is 25.7 Å². The van der Waals surface area contributed by atoms with Gasteiger partial charge >= 0.3 is 0 Å². The summed E-state index contributed by atoms with van der Waals surface area (Å²) >= 11 is 0. The summed E-state index contributed by atoms with van der Waals surface area (Å²) in [5.74, 6) is 0.804. The largest absolute Gasteiger partial charge is 0.502 e. The fourth-order valence-electron chi connectivity index (χ4n) is 2.11. The Bertz CT molecular complexity index is 203. The highest BCUT2D eigenvalue weighted by Crippen LogP contribution is 2.30. The van der Waals surface area contributed by atoms with Crippen LogP contribution in [0.4, 0.5) is 0 Å². The van der Waals surface area contributed by atoms with Crippen LogP contribution in [0.15, 0.2) is 25.7 Å². The van der Waals surface area contributed by atoms with Crippen LogP contribution >= 0.6 is 0 Å². The zero-order valence-electron chi connectivity index (χ0n) is 9.10. The van der Waals surface area contributed by atoms with Crippen LogP contribution in [0, 0.1) is 11.8 Å². The van der Waals surface area contributed by atoms with E-state index in [4.69, 9.17) is 9.47 Å². The second-order valence-electron chi connectivity index (χ2n) is 3.99. The van der Waals surface area contributed by atoms with Gasteiger partial charge in [-0.1, -0.05) is 13.2 Å². The fourth-order valence-corrected chi connectivity index (χ4v) is 2.11. The third-order valence-corrected chi connectivity index (χ3v) is 2.97. The number of ether oxygens (including phenoxy) is 2. The number of rotatable bonds is 6. The molecular weight excluding hydrogens is 192 g/mol. The van der Waals surface area contributed by atoms with Crippen molar-refractivity contribution >= 4 is 0 Å². The number of aliphatic hydroxyl groups excluding tert-OH is 1. The first-order valence-electron chi connectivity index (χ1n) is 5.41. The van der Waals surface area contributed by atoms with E-state index in [1.807, 2.05) is 0 Å². The second kappa shape index (κ2) is 6.51. The zero-order chi connectivity index (χ0) is 11.1. The first kappa shape index (κ1) is 12.1. The summed E-state index contributed by atoms with van der Waals surface area (Å²) in [5, 5.41) is 9.58. The number of aliphatic hydroxyl groups is 1. The van der Waals surface area contributed by atoms with Gasteiger partial charge in [-0.05, 0) is 25.2 Å². The van der Waals surface area contributed by atoms with Gasteiger partial charge in [0.1, 0.15) is 0 Å². The summed E-state index contributed by atoms with van der Waals surface area (Å²) < 4.78 is 10.4. The molecular formula is C12H20O3. The number of hydrogen-bond acceptors (Lipinski definition) is 3. The van der Waals surface area contributed by atoms with Crippen molar-refractivity contribution in [1.29, 1.82) is 0 Å². The lowest BCUT2D eigenvalue weighted by atomic mass is 9.79. The predicted molar refractivity (Wildman–Crippen MR) is 59.1 cm³/mol. The Balaban J connectivity index is 2.41. The van der Waals surface area contributed by atoms with Crippen LogP contribution in [-0.4, -0.2) is 24.4 Å². The lowest BCUT2D eigenvalue weighted by Gasteiger charge is -2.33. The van der Waals surface area contributed by atoms with E-state index >= 15 is 0 Å². The molecule has 0 spiro atoms. The Morgan fingerprint density at radius 3 is 2.27 bits per heavy atom. The van der Waals surface area contributed by atoms with Crippen LogP contribution in [0.2, 0.25) is 0 Å². The van der Waals surface area contributed by atoms with E-state index in [1.54, 1.807) is 0 Å². The molecule has 0 aromatic heterocycles. The SMILES string of the molecule is C=COCC1CCC(O)CC1COC=C. The molecule has 0 aliphatic heterocycles. The minimum absolute atomic E-state index is 0.191. The van der Waals surface area contributed by atoms with Gasteiger partial charge in [0.2, 0.25) is 0 Å². The Morgan fingerprint density at radius 1 is 1.07 bits per heavy atom. The summed E-state index contributed by atoms with van der Waals surface area (Å²) in [6, 6.07) is 0. The van der Waals surface area contributed by atoms with Gasteiger partial charge in [0, 0.05) is 5.92 Å². The lowest BCUT2D eigenvalue weighted by molar-refractivity contribution is 0.0131. The topological polar surface area (TPSA) is 38.7 Å². The summed E-state index contributed by atoms with van der Waals surface area (Å²) in [7, 11) is 0. The molecule has 1 aliphatic carbocycles. The van der Waals surface area contributed by atoms with Crippen LogP contribution in [0.25, 0.3) is 0 Å². The minimum atomic E-state index is -0.191. The molecule has 3 atom stereocenters. The van der Waals surface area contributed by atoms with Crippen LogP contribution in [0.1, 0.15) is 19.3 Å². The molecule has 0 heterocycles. The molecule has 86 valence electrons. The van der Waals surface area contributed by atoms with Gasteiger partial charge < -0.3 is 14.6 Å². The van der Waals surface area contributed by atoms with Crippen molar-refractivity contribution in [3.8, 4) is 0 Å². The normalized spacial score (nSPS) is 30.6. The summed E-state index contributed by atoms with van der Waals surface area (Å²) in [5.41, 5.74) is 0. The summed E-state index contributed by atoms with van der Waals surface area (Å²) in [6.45, 7) is 8.33. The molecule has 0 amide bonds. The Morgan fingerprint density at radius 2 is 1.67 bits per heavy atom. The molecule has 1 saturated carbocycles. The molecule has 3 unspecified atom stereocenters. The average molecular weight is 212 g/mol. The van der Waals surface area contributed by atoms with E-state index in [1.165, 1.54) is 12.5 Å². The molecule has 15 heavy (non-hydrogen) atoms. The summed E-state index contributed by atoms with van der Waals surface area (Å²) in [4.78, 5) is 0. The van der Waals surface area contributed by atoms with Gasteiger partial charge in [-0.2, -0.15) is 0 Å². The smallest absolute Gasteiger partial charge is 0.0906 e. The average Bonchev–Trinajstić information content (AvgIpc) is 2.25. The van der Waals surface area contributed by atoms with E-state index in [-0.39, 0.29) is 6.10 Å². The molecule has 0 aromatic rings. The van der Waals surface area contributed by atoms with Crippen molar-refractivity contribution < 1.29 is 14.6 Å². The highest BCUT2D eigenvalue weighted by molar-refractivity contribution is 4.80. The third kappa shape index (κ3) is 3.96. The monoisotopic (exact) mass is 212 g/mol. The maximum absolute atomic E-state index is 9.58. The molecule has 1 fully saturated rings. The van der Waals surface area contributed by atoms with Gasteiger partial charge in [-0.3, -0.25) is 0 Å². The minimum Gasteiger partial charge on any atom is -0.502 e. The number of hydrogen-bond donors (Lipinski definition) is 1. The Hall–Kier alpha value is -0.960. The van der Waals surface area contributed by atoms with Gasteiger partial charge in [-0.15, -0.1) is 0 Å². The van der Waals surface area contributed by atoms with Crippen molar-refractivity contribution in [2.45, 2.75) is 25.4 Å². The van der Waals surface area contributed by atoms with Crippen LogP contribution in [0.3, 0.4) is 0 Å². The van der Waals surface area contributed by atoms with Gasteiger partial charge in [0.15, 0.2) is 0 Å². The molecule has 1 N–H and O–H groups in total. The maximum Gasteiger partial charge on any atom is 0.0906 e. The second-order valence-corrected chi connectivity index (χ2v) is 3.99. The third-order valence-electron chi connectivity index (χ3n) is 2.97. The molecule has 1 aliphatic rings. The van der Waals surface area contributed by atoms with Gasteiger partial charge in [0.05, 0.1) is 31.8 Å². The predicted octanol–water partition coefficient (Wildman–Crippen LogP) is 2.08. The molecule has 0 aromatic carbocycles. The van der Waals surface area contributed by atoms with Gasteiger partial charge in [0.25, 0.3) is 0 Å². The Labute approximate surface area is 91.4 Å². The molecule has 0 bridgehead atoms. The van der Waals surface area contributed by atoms with E-state index in [2.05, 4.69) is 13.2 Å². The molecule has 0 radical (unpaired) electrons. The first-order valence-corrected chi connectivity index (χ1v) is 5.41. The van der Waals surface area contributed by atoms with E-state index in [0.717, 1.165) is 19.3 Å². The zero-order valence-corrected chi connectivity index (χ0v) is 9.10. The quantitative estimate of drug-likeness (QED) is 0.685. The van der Waals surface area contributed by atoms with Crippen LogP contribution in [0.5, 0.6) is 0 Å². The van der Waals surface area contributed by atoms with Crippen molar-refractivity contribution in [2.24, 2.45) is 11.8 Å². The highest BCUT2D eigenvalue weighted by atomic mass is 16.5. The van der Waals surface area contributed by atoms with Crippen LogP contribution < -0.4 is 0 Å². The molecule has 0 saturated heterocycles. The van der Waals surface area contributed by atoms with Crippen molar-refractivity contribution in [1.82, 2.24) is 0 Å². The van der Waals surface area contributed by atoms with E-state index in [9.17, 15) is 5.11 Å². The summed E-state index contributed by atoms with van der Waals surface area (Å²) in [6.07, 6.45) is 5.36. The Kier molecular flexibility index (Phi) is 5.26. The highest BCUT2D eigenvalue weighted by Gasteiger charge is 2.30. The van der Waals surface area contributed by atoms with Crippen LogP contribution in [-0.2, 0) is 9.47 Å². The van der Waals surface area contributed by atoms with Crippen molar-refractivity contribution in [3.63, 3.8) is 0 Å². The van der Waals surface area contributed by atoms with E-state index in [0.29, 0.717) is 25.0 Å². The standard InChI is InChI=1S/C12H20O3/c1-3-14-8-10-5-6-12(13)7-11(10)9-15-4-2/h3-4,10-13H,1-2,5-9H2. The van der Waals surface area contributed by atoms with Crippen molar-refractivity contribution in [2.75, 3.05) is 13.2 Å². The van der Waals surface area contributed by atoms with E-state index < -0.39 is 0 Å². The lowest BCUT2D eigenvalue weighted by Crippen LogP contribution is -2.32. The molecule has 3 nitrogen and oxygen atoms in total. The molecule has 3 heteroatoms. The molecule has 1 rings (SSSR count).